The Labute approximate surface area is 108 Å². The van der Waals surface area contributed by atoms with Gasteiger partial charge < -0.3 is 10.2 Å². The zero-order chi connectivity index (χ0) is 12.5. The standard InChI is InChI=1S/C15H32N2/c1-4-17(5-2)13-7-12-16-15-9-6-8-14(3)10-11-15/h14-16H,4-13H2,1-3H3. The van der Waals surface area contributed by atoms with E-state index in [9.17, 15) is 0 Å². The molecule has 2 atom stereocenters. The van der Waals surface area contributed by atoms with Crippen molar-refractivity contribution in [3.63, 3.8) is 0 Å². The number of nitrogens with zero attached hydrogens (tertiary/aromatic N) is 1. The summed E-state index contributed by atoms with van der Waals surface area (Å²) in [5.74, 6) is 0.956. The van der Waals surface area contributed by atoms with Crippen LogP contribution in [0, 0.1) is 5.92 Å². The molecule has 0 saturated heterocycles. The maximum Gasteiger partial charge on any atom is 0.00671 e. The summed E-state index contributed by atoms with van der Waals surface area (Å²) in [6.45, 7) is 11.8. The largest absolute Gasteiger partial charge is 0.314 e. The van der Waals surface area contributed by atoms with Crippen molar-refractivity contribution in [2.75, 3.05) is 26.2 Å². The molecule has 17 heavy (non-hydrogen) atoms. The number of hydrogen-bond donors (Lipinski definition) is 1. The maximum atomic E-state index is 3.76. The Morgan fingerprint density at radius 2 is 1.82 bits per heavy atom. The first kappa shape index (κ1) is 15.0. The fourth-order valence-electron chi connectivity index (χ4n) is 2.84. The molecule has 2 heteroatoms. The van der Waals surface area contributed by atoms with Crippen LogP contribution < -0.4 is 5.32 Å². The minimum atomic E-state index is 0.802. The van der Waals surface area contributed by atoms with E-state index in [1.165, 1.54) is 64.7 Å². The number of rotatable bonds is 7. The van der Waals surface area contributed by atoms with Crippen LogP contribution in [0.1, 0.15) is 59.3 Å². The molecule has 1 rings (SSSR count). The smallest absolute Gasteiger partial charge is 0.00671 e. The normalized spacial score (nSPS) is 26.1. The molecule has 2 nitrogen and oxygen atoms in total. The van der Waals surface area contributed by atoms with Crippen LogP contribution in [0.25, 0.3) is 0 Å². The minimum absolute atomic E-state index is 0.802. The van der Waals surface area contributed by atoms with E-state index in [0.29, 0.717) is 0 Å². The van der Waals surface area contributed by atoms with E-state index in [-0.39, 0.29) is 0 Å². The van der Waals surface area contributed by atoms with Gasteiger partial charge in [0, 0.05) is 6.04 Å². The molecule has 1 saturated carbocycles. The monoisotopic (exact) mass is 240 g/mol. The van der Waals surface area contributed by atoms with E-state index in [1.807, 2.05) is 0 Å². The Hall–Kier alpha value is -0.0800. The van der Waals surface area contributed by atoms with E-state index >= 15 is 0 Å². The van der Waals surface area contributed by atoms with Crippen molar-refractivity contribution in [1.29, 1.82) is 0 Å². The third kappa shape index (κ3) is 6.42. The van der Waals surface area contributed by atoms with Crippen molar-refractivity contribution in [3.05, 3.63) is 0 Å². The molecule has 0 aromatic rings. The second kappa shape index (κ2) is 8.93. The van der Waals surface area contributed by atoms with Gasteiger partial charge in [0.1, 0.15) is 0 Å². The molecule has 0 aromatic carbocycles. The predicted octanol–water partition coefficient (Wildman–Crippen LogP) is 3.28. The third-order valence-electron chi connectivity index (χ3n) is 4.24. The lowest BCUT2D eigenvalue weighted by molar-refractivity contribution is 0.294. The highest BCUT2D eigenvalue weighted by Crippen LogP contribution is 2.22. The van der Waals surface area contributed by atoms with Gasteiger partial charge in [-0.3, -0.25) is 0 Å². The summed E-state index contributed by atoms with van der Waals surface area (Å²) in [5, 5.41) is 3.76. The zero-order valence-corrected chi connectivity index (χ0v) is 12.2. The highest BCUT2D eigenvalue weighted by molar-refractivity contribution is 4.73. The first-order chi connectivity index (χ1) is 8.26. The third-order valence-corrected chi connectivity index (χ3v) is 4.24. The summed E-state index contributed by atoms with van der Waals surface area (Å²) in [6, 6.07) is 0.802. The van der Waals surface area contributed by atoms with Crippen LogP contribution in [0.5, 0.6) is 0 Å². The quantitative estimate of drug-likeness (QED) is 0.543. The molecule has 0 radical (unpaired) electrons. The molecule has 1 aliphatic carbocycles. The summed E-state index contributed by atoms with van der Waals surface area (Å²) < 4.78 is 0. The van der Waals surface area contributed by atoms with Crippen molar-refractivity contribution in [3.8, 4) is 0 Å². The van der Waals surface area contributed by atoms with Crippen LogP contribution >= 0.6 is 0 Å². The Morgan fingerprint density at radius 3 is 2.53 bits per heavy atom. The second-order valence-corrected chi connectivity index (χ2v) is 5.64. The van der Waals surface area contributed by atoms with Crippen molar-refractivity contribution in [2.24, 2.45) is 5.92 Å². The summed E-state index contributed by atoms with van der Waals surface area (Å²) in [7, 11) is 0. The van der Waals surface area contributed by atoms with E-state index in [2.05, 4.69) is 31.0 Å². The van der Waals surface area contributed by atoms with Crippen LogP contribution in [0.4, 0.5) is 0 Å². The van der Waals surface area contributed by atoms with Gasteiger partial charge in [-0.15, -0.1) is 0 Å². The van der Waals surface area contributed by atoms with Crippen molar-refractivity contribution in [1.82, 2.24) is 10.2 Å². The second-order valence-electron chi connectivity index (χ2n) is 5.64. The number of hydrogen-bond acceptors (Lipinski definition) is 2. The van der Waals surface area contributed by atoms with E-state index in [1.54, 1.807) is 0 Å². The van der Waals surface area contributed by atoms with Crippen LogP contribution in [0.2, 0.25) is 0 Å². The SMILES string of the molecule is CCN(CC)CCCNC1CCCC(C)CC1. The molecular weight excluding hydrogens is 208 g/mol. The molecular formula is C15H32N2. The first-order valence-electron chi connectivity index (χ1n) is 7.72. The van der Waals surface area contributed by atoms with E-state index in [4.69, 9.17) is 0 Å². The lowest BCUT2D eigenvalue weighted by Gasteiger charge is -2.20. The summed E-state index contributed by atoms with van der Waals surface area (Å²) in [5.41, 5.74) is 0. The molecule has 0 bridgehead atoms. The number of nitrogens with one attached hydrogen (secondary N) is 1. The van der Waals surface area contributed by atoms with Crippen LogP contribution in [0.15, 0.2) is 0 Å². The van der Waals surface area contributed by atoms with Gasteiger partial charge in [-0.25, -0.2) is 0 Å². The lowest BCUT2D eigenvalue weighted by atomic mass is 10.0. The molecule has 1 N–H and O–H groups in total. The van der Waals surface area contributed by atoms with Gasteiger partial charge in [0.15, 0.2) is 0 Å². The highest BCUT2D eigenvalue weighted by Gasteiger charge is 2.15. The molecule has 1 aliphatic rings. The van der Waals surface area contributed by atoms with Gasteiger partial charge in [0.05, 0.1) is 0 Å². The van der Waals surface area contributed by atoms with Crippen molar-refractivity contribution >= 4 is 0 Å². The van der Waals surface area contributed by atoms with Gasteiger partial charge in [-0.05, 0) is 57.8 Å². The van der Waals surface area contributed by atoms with Crippen molar-refractivity contribution < 1.29 is 0 Å². The maximum absolute atomic E-state index is 3.76. The average molecular weight is 240 g/mol. The zero-order valence-electron chi connectivity index (χ0n) is 12.2. The average Bonchev–Trinajstić information content (AvgIpc) is 2.55. The Balaban J connectivity index is 2.05. The van der Waals surface area contributed by atoms with Gasteiger partial charge in [-0.1, -0.05) is 33.6 Å². The van der Waals surface area contributed by atoms with E-state index in [0.717, 1.165) is 12.0 Å². The summed E-state index contributed by atoms with van der Waals surface area (Å²) in [6.07, 6.45) is 8.38. The molecule has 0 aliphatic heterocycles. The van der Waals surface area contributed by atoms with Crippen molar-refractivity contribution in [2.45, 2.75) is 65.3 Å². The molecule has 102 valence electrons. The molecule has 0 aromatic heterocycles. The Kier molecular flexibility index (Phi) is 7.87. The minimum Gasteiger partial charge on any atom is -0.314 e. The van der Waals surface area contributed by atoms with Gasteiger partial charge >= 0.3 is 0 Å². The predicted molar refractivity (Wildman–Crippen MR) is 76.4 cm³/mol. The molecule has 0 spiro atoms. The Bertz CT molecular complexity index is 178. The fraction of sp³-hybridized carbons (Fsp3) is 1.00. The lowest BCUT2D eigenvalue weighted by Crippen LogP contribution is -2.32. The summed E-state index contributed by atoms with van der Waals surface area (Å²) in [4.78, 5) is 2.51. The molecule has 0 amide bonds. The van der Waals surface area contributed by atoms with Crippen LogP contribution in [-0.2, 0) is 0 Å². The molecule has 1 fully saturated rings. The first-order valence-corrected chi connectivity index (χ1v) is 7.72. The van der Waals surface area contributed by atoms with Gasteiger partial charge in [0.25, 0.3) is 0 Å². The Morgan fingerprint density at radius 1 is 1.06 bits per heavy atom. The van der Waals surface area contributed by atoms with E-state index < -0.39 is 0 Å². The van der Waals surface area contributed by atoms with Gasteiger partial charge in [0.2, 0.25) is 0 Å². The van der Waals surface area contributed by atoms with Gasteiger partial charge in [-0.2, -0.15) is 0 Å². The van der Waals surface area contributed by atoms with Crippen LogP contribution in [-0.4, -0.2) is 37.1 Å². The molecule has 2 unspecified atom stereocenters. The van der Waals surface area contributed by atoms with Crippen LogP contribution in [0.3, 0.4) is 0 Å². The molecule has 0 heterocycles. The summed E-state index contributed by atoms with van der Waals surface area (Å²) >= 11 is 0. The topological polar surface area (TPSA) is 15.3 Å². The highest BCUT2D eigenvalue weighted by atomic mass is 15.1. The fourth-order valence-corrected chi connectivity index (χ4v) is 2.84.